The number of imidazole rings is 1. The Hall–Kier alpha value is -1.33. The van der Waals surface area contributed by atoms with Gasteiger partial charge >= 0.3 is 0 Å². The van der Waals surface area contributed by atoms with Gasteiger partial charge in [-0.1, -0.05) is 19.9 Å². The van der Waals surface area contributed by atoms with Crippen molar-refractivity contribution in [1.29, 1.82) is 0 Å². The number of hydrogen-bond donors (Lipinski definition) is 2. The summed E-state index contributed by atoms with van der Waals surface area (Å²) >= 11 is 3.34. The van der Waals surface area contributed by atoms with Crippen molar-refractivity contribution in [3.05, 3.63) is 46.0 Å². The zero-order valence-electron chi connectivity index (χ0n) is 11.3. The quantitative estimate of drug-likeness (QED) is 0.906. The lowest BCUT2D eigenvalue weighted by atomic mass is 9.97. The highest BCUT2D eigenvalue weighted by molar-refractivity contribution is 9.10. The summed E-state index contributed by atoms with van der Waals surface area (Å²) in [5.41, 5.74) is 8.45. The molecule has 0 aliphatic rings. The molecule has 2 rings (SSSR count). The van der Waals surface area contributed by atoms with Gasteiger partial charge in [-0.15, -0.1) is 0 Å². The van der Waals surface area contributed by atoms with Gasteiger partial charge < -0.3 is 15.5 Å². The molecule has 2 aromatic rings. The lowest BCUT2D eigenvalue weighted by Crippen LogP contribution is -2.15. The number of ether oxygens (including phenoxy) is 1. The molecular formula is C14H18BrN3O. The molecule has 1 aromatic carbocycles. The second-order valence-corrected chi connectivity index (χ2v) is 5.60. The van der Waals surface area contributed by atoms with Crippen LogP contribution in [0.5, 0.6) is 5.75 Å². The third kappa shape index (κ3) is 2.98. The summed E-state index contributed by atoms with van der Waals surface area (Å²) in [5, 5.41) is 0. The molecule has 5 heteroatoms. The van der Waals surface area contributed by atoms with Gasteiger partial charge in [0.25, 0.3) is 0 Å². The predicted molar refractivity (Wildman–Crippen MR) is 79.4 cm³/mol. The monoisotopic (exact) mass is 323 g/mol. The Kier molecular flexibility index (Phi) is 4.27. The predicted octanol–water partition coefficient (Wildman–Crippen LogP) is 3.35. The molecule has 0 aliphatic heterocycles. The molecule has 1 aromatic heterocycles. The lowest BCUT2D eigenvalue weighted by Gasteiger charge is -2.16. The highest BCUT2D eigenvalue weighted by Gasteiger charge is 2.18. The molecule has 0 saturated carbocycles. The minimum absolute atomic E-state index is 0.333. The van der Waals surface area contributed by atoms with E-state index >= 15 is 0 Å². The van der Waals surface area contributed by atoms with Crippen molar-refractivity contribution in [2.45, 2.75) is 25.8 Å². The summed E-state index contributed by atoms with van der Waals surface area (Å²) < 4.78 is 6.21. The Morgan fingerprint density at radius 3 is 2.63 bits per heavy atom. The van der Waals surface area contributed by atoms with E-state index in [4.69, 9.17) is 10.5 Å². The number of H-pyrrole nitrogens is 1. The fourth-order valence-electron chi connectivity index (χ4n) is 1.97. The van der Waals surface area contributed by atoms with E-state index in [0.29, 0.717) is 11.7 Å². The van der Waals surface area contributed by atoms with Crippen LogP contribution in [0, 0.1) is 0 Å². The molecule has 0 saturated heterocycles. The standard InChI is InChI=1S/C14H18BrN3O/c1-8(2)9-4-5-11(19-3)10(6-9)13(16)14-17-7-12(15)18-14/h4-8,13H,16H2,1-3H3,(H,17,18). The third-order valence-corrected chi connectivity index (χ3v) is 3.52. The number of aromatic amines is 1. The Morgan fingerprint density at radius 1 is 1.37 bits per heavy atom. The maximum Gasteiger partial charge on any atom is 0.128 e. The first-order chi connectivity index (χ1) is 9.02. The van der Waals surface area contributed by atoms with E-state index in [2.05, 4.69) is 51.9 Å². The van der Waals surface area contributed by atoms with Crippen LogP contribution in [0.2, 0.25) is 0 Å². The molecule has 0 radical (unpaired) electrons. The summed E-state index contributed by atoms with van der Waals surface area (Å²) in [5.74, 6) is 1.94. The Morgan fingerprint density at radius 2 is 2.11 bits per heavy atom. The summed E-state index contributed by atoms with van der Waals surface area (Å²) in [6, 6.07) is 5.78. The number of hydrogen-bond acceptors (Lipinski definition) is 3. The summed E-state index contributed by atoms with van der Waals surface area (Å²) in [4.78, 5) is 7.36. The van der Waals surface area contributed by atoms with Crippen LogP contribution in [0.25, 0.3) is 0 Å². The van der Waals surface area contributed by atoms with Crippen LogP contribution in [0.3, 0.4) is 0 Å². The second-order valence-electron chi connectivity index (χ2n) is 4.75. The van der Waals surface area contributed by atoms with E-state index in [0.717, 1.165) is 15.9 Å². The molecule has 1 heterocycles. The lowest BCUT2D eigenvalue weighted by molar-refractivity contribution is 0.407. The molecule has 0 bridgehead atoms. The van der Waals surface area contributed by atoms with Crippen molar-refractivity contribution in [2.75, 3.05) is 7.11 Å². The second kappa shape index (κ2) is 5.75. The Bertz CT molecular complexity index is 566. The van der Waals surface area contributed by atoms with Crippen LogP contribution in [0.1, 0.15) is 42.8 Å². The van der Waals surface area contributed by atoms with Gasteiger partial charge in [-0.25, -0.2) is 4.98 Å². The zero-order chi connectivity index (χ0) is 14.0. The van der Waals surface area contributed by atoms with E-state index < -0.39 is 0 Å². The molecule has 0 spiro atoms. The largest absolute Gasteiger partial charge is 0.496 e. The van der Waals surface area contributed by atoms with E-state index in [1.54, 1.807) is 13.3 Å². The van der Waals surface area contributed by atoms with Crippen LogP contribution in [0.15, 0.2) is 29.0 Å². The Labute approximate surface area is 121 Å². The first-order valence-electron chi connectivity index (χ1n) is 6.16. The molecule has 0 aliphatic carbocycles. The topological polar surface area (TPSA) is 63.9 Å². The number of aromatic nitrogens is 2. The number of halogens is 1. The number of nitrogens with one attached hydrogen (secondary N) is 1. The van der Waals surface area contributed by atoms with Crippen molar-refractivity contribution in [2.24, 2.45) is 5.73 Å². The van der Waals surface area contributed by atoms with Crippen molar-refractivity contribution < 1.29 is 4.74 Å². The van der Waals surface area contributed by atoms with E-state index in [1.807, 2.05) is 6.07 Å². The van der Waals surface area contributed by atoms with Gasteiger partial charge in [0.05, 0.1) is 19.3 Å². The fraction of sp³-hybridized carbons (Fsp3) is 0.357. The van der Waals surface area contributed by atoms with Gasteiger partial charge in [-0.2, -0.15) is 0 Å². The molecule has 1 unspecified atom stereocenters. The number of rotatable bonds is 4. The van der Waals surface area contributed by atoms with Crippen LogP contribution in [-0.4, -0.2) is 17.1 Å². The zero-order valence-corrected chi connectivity index (χ0v) is 12.9. The summed E-state index contributed by atoms with van der Waals surface area (Å²) in [6.45, 7) is 4.31. The average Bonchev–Trinajstić information content (AvgIpc) is 2.83. The van der Waals surface area contributed by atoms with Crippen molar-refractivity contribution in [3.8, 4) is 5.75 Å². The Balaban J connectivity index is 2.44. The first-order valence-corrected chi connectivity index (χ1v) is 6.96. The third-order valence-electron chi connectivity index (χ3n) is 3.11. The molecule has 0 amide bonds. The molecule has 0 fully saturated rings. The van der Waals surface area contributed by atoms with Crippen LogP contribution < -0.4 is 10.5 Å². The molecule has 1 atom stereocenters. The molecule has 102 valence electrons. The average molecular weight is 324 g/mol. The first kappa shape index (κ1) is 14.1. The van der Waals surface area contributed by atoms with E-state index in [1.165, 1.54) is 5.56 Å². The highest BCUT2D eigenvalue weighted by Crippen LogP contribution is 2.30. The molecule has 4 nitrogen and oxygen atoms in total. The van der Waals surface area contributed by atoms with Crippen molar-refractivity contribution in [1.82, 2.24) is 9.97 Å². The van der Waals surface area contributed by atoms with Gasteiger partial charge in [0.2, 0.25) is 0 Å². The van der Waals surface area contributed by atoms with Gasteiger partial charge in [0.15, 0.2) is 0 Å². The normalized spacial score (nSPS) is 12.7. The maximum absolute atomic E-state index is 6.28. The minimum Gasteiger partial charge on any atom is -0.496 e. The highest BCUT2D eigenvalue weighted by atomic mass is 79.9. The van der Waals surface area contributed by atoms with E-state index in [9.17, 15) is 0 Å². The van der Waals surface area contributed by atoms with Crippen molar-refractivity contribution >= 4 is 15.9 Å². The maximum atomic E-state index is 6.28. The van der Waals surface area contributed by atoms with Crippen LogP contribution in [0.4, 0.5) is 0 Å². The summed E-state index contributed by atoms with van der Waals surface area (Å²) in [6.07, 6.45) is 1.70. The number of benzene rings is 1. The number of nitrogens with zero attached hydrogens (tertiary/aromatic N) is 1. The van der Waals surface area contributed by atoms with Gasteiger partial charge in [0.1, 0.15) is 16.2 Å². The summed E-state index contributed by atoms with van der Waals surface area (Å²) in [7, 11) is 1.65. The SMILES string of the molecule is COc1ccc(C(C)C)cc1C(N)c1ncc(Br)[nH]1. The van der Waals surface area contributed by atoms with E-state index in [-0.39, 0.29) is 6.04 Å². The van der Waals surface area contributed by atoms with Gasteiger partial charge in [-0.3, -0.25) is 0 Å². The minimum atomic E-state index is -0.333. The van der Waals surface area contributed by atoms with Gasteiger partial charge in [0, 0.05) is 5.56 Å². The molecule has 3 N–H and O–H groups in total. The van der Waals surface area contributed by atoms with Gasteiger partial charge in [-0.05, 0) is 39.5 Å². The number of methoxy groups -OCH3 is 1. The smallest absolute Gasteiger partial charge is 0.128 e. The molecule has 19 heavy (non-hydrogen) atoms. The molecular weight excluding hydrogens is 306 g/mol. The number of nitrogens with two attached hydrogens (primary N) is 1. The fourth-order valence-corrected chi connectivity index (χ4v) is 2.28. The van der Waals surface area contributed by atoms with Crippen molar-refractivity contribution in [3.63, 3.8) is 0 Å². The van der Waals surface area contributed by atoms with Crippen LogP contribution in [-0.2, 0) is 0 Å². The van der Waals surface area contributed by atoms with Crippen LogP contribution >= 0.6 is 15.9 Å².